The summed E-state index contributed by atoms with van der Waals surface area (Å²) < 4.78 is 0. The topological polar surface area (TPSA) is 49.7 Å². The number of aliphatic imine (C=N–C) groups is 1. The van der Waals surface area contributed by atoms with Gasteiger partial charge in [0, 0.05) is 0 Å². The van der Waals surface area contributed by atoms with Crippen molar-refractivity contribution in [3.63, 3.8) is 0 Å². The summed E-state index contributed by atoms with van der Waals surface area (Å²) in [6.07, 6.45) is 0. The van der Waals surface area contributed by atoms with Gasteiger partial charge in [-0.3, -0.25) is 0 Å². The van der Waals surface area contributed by atoms with E-state index in [1.165, 1.54) is 6.92 Å². The molecule has 3 nitrogen and oxygen atoms in total. The molecule has 0 radical (unpaired) electrons. The number of hydrogen-bond donors (Lipinski definition) is 1. The molecule has 12 heavy (non-hydrogen) atoms. The first-order valence-corrected chi connectivity index (χ1v) is 3.54. The minimum atomic E-state index is -0.987. The second kappa shape index (κ2) is 3.67. The van der Waals surface area contributed by atoms with Gasteiger partial charge in [0.1, 0.15) is 5.71 Å². The Kier molecular flexibility index (Phi) is 2.58. The minimum Gasteiger partial charge on any atom is -0.477 e. The third-order valence-electron chi connectivity index (χ3n) is 1.36. The van der Waals surface area contributed by atoms with Crippen LogP contribution in [0.2, 0.25) is 0 Å². The number of nitrogens with zero attached hydrogens (tertiary/aromatic N) is 1. The van der Waals surface area contributed by atoms with Gasteiger partial charge >= 0.3 is 5.97 Å². The fourth-order valence-corrected chi connectivity index (χ4v) is 0.744. The fraction of sp³-hybridized carbons (Fsp3) is 0.111. The van der Waals surface area contributed by atoms with Crippen molar-refractivity contribution >= 4 is 17.4 Å². The molecule has 62 valence electrons. The van der Waals surface area contributed by atoms with Gasteiger partial charge < -0.3 is 5.11 Å². The first-order chi connectivity index (χ1) is 5.70. The van der Waals surface area contributed by atoms with Crippen LogP contribution in [-0.4, -0.2) is 16.8 Å². The Bertz CT molecular complexity index is 304. The zero-order valence-electron chi connectivity index (χ0n) is 6.69. The Morgan fingerprint density at radius 1 is 1.33 bits per heavy atom. The van der Waals surface area contributed by atoms with Gasteiger partial charge in [0.05, 0.1) is 5.69 Å². The Hall–Kier alpha value is -1.64. The monoisotopic (exact) mass is 163 g/mol. The van der Waals surface area contributed by atoms with Crippen molar-refractivity contribution in [2.45, 2.75) is 6.92 Å². The summed E-state index contributed by atoms with van der Waals surface area (Å²) >= 11 is 0. The number of carbonyl (C=O) groups is 1. The summed E-state index contributed by atoms with van der Waals surface area (Å²) in [4.78, 5) is 14.2. The van der Waals surface area contributed by atoms with Crippen LogP contribution in [0, 0.1) is 0 Å². The van der Waals surface area contributed by atoms with Crippen molar-refractivity contribution < 1.29 is 9.90 Å². The molecule has 0 aliphatic carbocycles. The minimum absolute atomic E-state index is 0.0983. The van der Waals surface area contributed by atoms with Crippen LogP contribution < -0.4 is 0 Å². The lowest BCUT2D eigenvalue weighted by molar-refractivity contribution is -0.129. The second-order valence-electron chi connectivity index (χ2n) is 2.34. The van der Waals surface area contributed by atoms with E-state index in [0.29, 0.717) is 5.69 Å². The van der Waals surface area contributed by atoms with E-state index in [0.717, 1.165) is 0 Å². The van der Waals surface area contributed by atoms with Crippen LogP contribution in [0.4, 0.5) is 5.69 Å². The average molecular weight is 163 g/mol. The highest BCUT2D eigenvalue weighted by molar-refractivity contribution is 6.35. The van der Waals surface area contributed by atoms with Gasteiger partial charge in [-0.2, -0.15) is 0 Å². The summed E-state index contributed by atoms with van der Waals surface area (Å²) in [5.41, 5.74) is 0.763. The first kappa shape index (κ1) is 8.46. The van der Waals surface area contributed by atoms with Crippen molar-refractivity contribution in [1.29, 1.82) is 0 Å². The summed E-state index contributed by atoms with van der Waals surface area (Å²) in [7, 11) is 0. The van der Waals surface area contributed by atoms with E-state index in [9.17, 15) is 4.79 Å². The fourth-order valence-electron chi connectivity index (χ4n) is 0.744. The van der Waals surface area contributed by atoms with E-state index < -0.39 is 5.97 Å². The molecule has 0 aromatic heterocycles. The van der Waals surface area contributed by atoms with Crippen molar-refractivity contribution in [2.24, 2.45) is 4.99 Å². The smallest absolute Gasteiger partial charge is 0.349 e. The van der Waals surface area contributed by atoms with Gasteiger partial charge in [-0.1, -0.05) is 18.2 Å². The van der Waals surface area contributed by atoms with Crippen LogP contribution in [0.1, 0.15) is 6.92 Å². The molecule has 3 heteroatoms. The first-order valence-electron chi connectivity index (χ1n) is 3.54. The van der Waals surface area contributed by atoms with Crippen molar-refractivity contribution in [3.05, 3.63) is 30.3 Å². The lowest BCUT2D eigenvalue weighted by Crippen LogP contribution is -2.06. The van der Waals surface area contributed by atoms with Gasteiger partial charge in [0.2, 0.25) is 0 Å². The number of carboxylic acids is 1. The molecule has 0 amide bonds. The molecule has 1 aromatic carbocycles. The molecule has 1 N–H and O–H groups in total. The normalized spacial score (nSPS) is 11.2. The Morgan fingerprint density at radius 3 is 2.42 bits per heavy atom. The van der Waals surface area contributed by atoms with E-state index in [1.54, 1.807) is 12.1 Å². The second-order valence-corrected chi connectivity index (χ2v) is 2.34. The van der Waals surface area contributed by atoms with Gasteiger partial charge in [-0.15, -0.1) is 0 Å². The van der Waals surface area contributed by atoms with Gasteiger partial charge in [-0.05, 0) is 19.1 Å². The molecule has 0 saturated carbocycles. The summed E-state index contributed by atoms with van der Waals surface area (Å²) in [6, 6.07) is 9.00. The maximum atomic E-state index is 10.4. The number of carboxylic acid groups (broad SMARTS) is 1. The van der Waals surface area contributed by atoms with E-state index in [1.807, 2.05) is 18.2 Å². The van der Waals surface area contributed by atoms with Crippen LogP contribution in [0.3, 0.4) is 0 Å². The van der Waals surface area contributed by atoms with E-state index >= 15 is 0 Å². The molecule has 1 rings (SSSR count). The molecule has 0 fully saturated rings. The quantitative estimate of drug-likeness (QED) is 0.676. The molecule has 0 saturated heterocycles. The average Bonchev–Trinajstić information content (AvgIpc) is 2.06. The third kappa shape index (κ3) is 2.20. The molecule has 0 spiro atoms. The molecular formula is C9H9NO2. The highest BCUT2D eigenvalue weighted by Gasteiger charge is 2.00. The zero-order chi connectivity index (χ0) is 8.97. The largest absolute Gasteiger partial charge is 0.477 e. The van der Waals surface area contributed by atoms with Gasteiger partial charge in [-0.25, -0.2) is 9.79 Å². The Morgan fingerprint density at radius 2 is 1.92 bits per heavy atom. The van der Waals surface area contributed by atoms with Crippen LogP contribution in [0.25, 0.3) is 0 Å². The lowest BCUT2D eigenvalue weighted by atomic mass is 10.3. The molecule has 1 aromatic rings. The van der Waals surface area contributed by atoms with Gasteiger partial charge in [0.25, 0.3) is 0 Å². The third-order valence-corrected chi connectivity index (χ3v) is 1.36. The van der Waals surface area contributed by atoms with E-state index in [4.69, 9.17) is 5.11 Å². The van der Waals surface area contributed by atoms with Crippen molar-refractivity contribution in [2.75, 3.05) is 0 Å². The van der Waals surface area contributed by atoms with Crippen LogP contribution in [0.5, 0.6) is 0 Å². The molecular weight excluding hydrogens is 154 g/mol. The van der Waals surface area contributed by atoms with Crippen LogP contribution in [0.15, 0.2) is 35.3 Å². The predicted octanol–water partition coefficient (Wildman–Crippen LogP) is 1.86. The molecule has 0 atom stereocenters. The van der Waals surface area contributed by atoms with Crippen LogP contribution >= 0.6 is 0 Å². The number of para-hydroxylation sites is 1. The summed E-state index contributed by atoms with van der Waals surface area (Å²) in [5.74, 6) is -0.987. The van der Waals surface area contributed by atoms with Crippen molar-refractivity contribution in [3.8, 4) is 0 Å². The van der Waals surface area contributed by atoms with Gasteiger partial charge in [0.15, 0.2) is 0 Å². The standard InChI is InChI=1S/C9H9NO2/c1-7(9(11)12)10-8-5-3-2-4-6-8/h2-6H,1H3,(H,11,12)/b10-7+. The highest BCUT2D eigenvalue weighted by atomic mass is 16.4. The summed E-state index contributed by atoms with van der Waals surface area (Å²) in [6.45, 7) is 1.47. The SMILES string of the molecule is C/C(=N\c1ccccc1)C(=O)O. The molecule has 0 heterocycles. The predicted molar refractivity (Wildman–Crippen MR) is 46.8 cm³/mol. The highest BCUT2D eigenvalue weighted by Crippen LogP contribution is 2.09. The Labute approximate surface area is 70.4 Å². The molecule has 0 unspecified atom stereocenters. The number of benzene rings is 1. The maximum Gasteiger partial charge on any atom is 0.349 e. The number of hydrogen-bond acceptors (Lipinski definition) is 2. The summed E-state index contributed by atoms with van der Waals surface area (Å²) in [5, 5.41) is 8.51. The number of rotatable bonds is 2. The zero-order valence-corrected chi connectivity index (χ0v) is 6.69. The Balaban J connectivity index is 2.89. The van der Waals surface area contributed by atoms with Crippen molar-refractivity contribution in [1.82, 2.24) is 0 Å². The van der Waals surface area contributed by atoms with E-state index in [2.05, 4.69) is 4.99 Å². The maximum absolute atomic E-state index is 10.4. The van der Waals surface area contributed by atoms with Crippen LogP contribution in [-0.2, 0) is 4.79 Å². The molecule has 0 bridgehead atoms. The lowest BCUT2D eigenvalue weighted by Gasteiger charge is -1.93. The number of aliphatic carboxylic acids is 1. The van der Waals surface area contributed by atoms with E-state index in [-0.39, 0.29) is 5.71 Å². The molecule has 0 aliphatic heterocycles. The molecule has 0 aliphatic rings.